The van der Waals surface area contributed by atoms with Crippen LogP contribution in [0.15, 0.2) is 12.2 Å². The Bertz CT molecular complexity index is 978. The summed E-state index contributed by atoms with van der Waals surface area (Å²) in [6.45, 7) is 6.68. The van der Waals surface area contributed by atoms with E-state index < -0.39 is 6.10 Å². The first kappa shape index (κ1) is 61.1. The van der Waals surface area contributed by atoms with Gasteiger partial charge in [-0.25, -0.2) is 0 Å². The molecule has 1 atom stereocenters. The maximum absolute atomic E-state index is 12.8. The van der Waals surface area contributed by atoms with Gasteiger partial charge in [-0.3, -0.25) is 14.4 Å². The van der Waals surface area contributed by atoms with Crippen molar-refractivity contribution in [2.24, 2.45) is 0 Å². The molecule has 0 rings (SSSR count). The number of allylic oxidation sites excluding steroid dienone is 2. The molecule has 0 aliphatic heterocycles. The second kappa shape index (κ2) is 52.8. The molecule has 0 unspecified atom stereocenters. The van der Waals surface area contributed by atoms with Crippen LogP contribution in [-0.2, 0) is 28.6 Å². The van der Waals surface area contributed by atoms with E-state index in [1.165, 1.54) is 218 Å². The molecule has 0 aliphatic carbocycles. The third-order valence-electron chi connectivity index (χ3n) is 12.8. The fourth-order valence-electron chi connectivity index (χ4n) is 8.50. The average Bonchev–Trinajstić information content (AvgIpc) is 3.28. The highest BCUT2D eigenvalue weighted by Crippen LogP contribution is 2.17. The predicted octanol–water partition coefficient (Wildman–Crippen LogP) is 18.5. The zero-order valence-corrected chi connectivity index (χ0v) is 42.6. The van der Waals surface area contributed by atoms with Crippen LogP contribution in [0.4, 0.5) is 0 Å². The van der Waals surface area contributed by atoms with Gasteiger partial charge in [0.1, 0.15) is 13.2 Å². The van der Waals surface area contributed by atoms with Crippen molar-refractivity contribution in [2.75, 3.05) is 13.2 Å². The Kier molecular flexibility index (Phi) is 51.2. The first-order valence-corrected chi connectivity index (χ1v) is 28.2. The number of carbonyl (C=O) groups is 3. The summed E-state index contributed by atoms with van der Waals surface area (Å²) >= 11 is 0. The number of hydrogen-bond donors (Lipinski definition) is 0. The molecule has 63 heavy (non-hydrogen) atoms. The summed E-state index contributed by atoms with van der Waals surface area (Å²) in [7, 11) is 0. The molecule has 0 aromatic carbocycles. The fourth-order valence-corrected chi connectivity index (χ4v) is 8.50. The van der Waals surface area contributed by atoms with Gasteiger partial charge in [-0.2, -0.15) is 0 Å². The van der Waals surface area contributed by atoms with Gasteiger partial charge in [-0.05, 0) is 44.9 Å². The molecular formula is C57H108O6. The molecule has 6 heteroatoms. The lowest BCUT2D eigenvalue weighted by molar-refractivity contribution is -0.167. The zero-order valence-electron chi connectivity index (χ0n) is 42.6. The highest BCUT2D eigenvalue weighted by Gasteiger charge is 2.19. The largest absolute Gasteiger partial charge is 0.462 e. The molecule has 0 radical (unpaired) electrons. The molecule has 372 valence electrons. The van der Waals surface area contributed by atoms with Crippen molar-refractivity contribution in [3.8, 4) is 0 Å². The Balaban J connectivity index is 4.28. The molecule has 0 N–H and O–H groups in total. The van der Waals surface area contributed by atoms with Crippen LogP contribution in [0.25, 0.3) is 0 Å². The lowest BCUT2D eigenvalue weighted by Gasteiger charge is -2.18. The summed E-state index contributed by atoms with van der Waals surface area (Å²) in [5.74, 6) is -0.849. The van der Waals surface area contributed by atoms with Gasteiger partial charge < -0.3 is 14.2 Å². The summed E-state index contributed by atoms with van der Waals surface area (Å²) < 4.78 is 16.9. The Morgan fingerprint density at radius 3 is 0.794 bits per heavy atom. The summed E-state index contributed by atoms with van der Waals surface area (Å²) in [6, 6.07) is 0. The van der Waals surface area contributed by atoms with Crippen LogP contribution in [0.5, 0.6) is 0 Å². The lowest BCUT2D eigenvalue weighted by atomic mass is 10.0. The molecular weight excluding hydrogens is 781 g/mol. The minimum absolute atomic E-state index is 0.0656. The molecule has 0 amide bonds. The Hall–Kier alpha value is -1.85. The van der Waals surface area contributed by atoms with E-state index in [-0.39, 0.29) is 31.1 Å². The van der Waals surface area contributed by atoms with Crippen molar-refractivity contribution in [1.82, 2.24) is 0 Å². The highest BCUT2D eigenvalue weighted by atomic mass is 16.6. The van der Waals surface area contributed by atoms with Crippen LogP contribution in [-0.4, -0.2) is 37.2 Å². The molecule has 0 saturated carbocycles. The van der Waals surface area contributed by atoms with Crippen molar-refractivity contribution in [3.63, 3.8) is 0 Å². The molecule has 0 aromatic rings. The minimum atomic E-state index is -0.765. The first-order chi connectivity index (χ1) is 31.0. The van der Waals surface area contributed by atoms with Gasteiger partial charge in [0, 0.05) is 19.3 Å². The third-order valence-corrected chi connectivity index (χ3v) is 12.8. The Morgan fingerprint density at radius 2 is 0.524 bits per heavy atom. The smallest absolute Gasteiger partial charge is 0.306 e. The average molecular weight is 889 g/mol. The van der Waals surface area contributed by atoms with E-state index in [2.05, 4.69) is 32.9 Å². The molecule has 0 saturated heterocycles. The van der Waals surface area contributed by atoms with Gasteiger partial charge in [-0.15, -0.1) is 0 Å². The summed E-state index contributed by atoms with van der Waals surface area (Å²) in [6.07, 6.45) is 59.1. The zero-order chi connectivity index (χ0) is 45.8. The van der Waals surface area contributed by atoms with Crippen molar-refractivity contribution >= 4 is 17.9 Å². The number of hydrogen-bond acceptors (Lipinski definition) is 6. The molecule has 0 fully saturated rings. The topological polar surface area (TPSA) is 78.9 Å². The number of carbonyl (C=O) groups excluding carboxylic acids is 3. The van der Waals surface area contributed by atoms with E-state index in [4.69, 9.17) is 14.2 Å². The highest BCUT2D eigenvalue weighted by molar-refractivity contribution is 5.71. The quantitative estimate of drug-likeness (QED) is 0.0262. The van der Waals surface area contributed by atoms with Crippen LogP contribution >= 0.6 is 0 Å². The maximum atomic E-state index is 12.8. The van der Waals surface area contributed by atoms with Crippen molar-refractivity contribution in [2.45, 2.75) is 322 Å². The van der Waals surface area contributed by atoms with E-state index in [9.17, 15) is 14.4 Å². The summed E-state index contributed by atoms with van der Waals surface area (Å²) in [5.41, 5.74) is 0. The van der Waals surface area contributed by atoms with Crippen LogP contribution in [0.1, 0.15) is 316 Å². The third kappa shape index (κ3) is 51.0. The van der Waals surface area contributed by atoms with E-state index in [1.807, 2.05) is 0 Å². The molecule has 0 heterocycles. The van der Waals surface area contributed by atoms with E-state index in [1.54, 1.807) is 0 Å². The van der Waals surface area contributed by atoms with Crippen molar-refractivity contribution in [1.29, 1.82) is 0 Å². The van der Waals surface area contributed by atoms with Gasteiger partial charge in [0.05, 0.1) is 0 Å². The number of ether oxygens (including phenoxy) is 3. The van der Waals surface area contributed by atoms with Crippen molar-refractivity contribution < 1.29 is 28.6 Å². The van der Waals surface area contributed by atoms with Gasteiger partial charge in [-0.1, -0.05) is 264 Å². The van der Waals surface area contributed by atoms with Crippen LogP contribution in [0, 0.1) is 0 Å². The van der Waals surface area contributed by atoms with Gasteiger partial charge in [0.15, 0.2) is 6.10 Å². The predicted molar refractivity (Wildman–Crippen MR) is 270 cm³/mol. The van der Waals surface area contributed by atoms with E-state index >= 15 is 0 Å². The van der Waals surface area contributed by atoms with Crippen LogP contribution in [0.3, 0.4) is 0 Å². The SMILES string of the molecule is CCCCCCCCCC/C=C\CCCCCCCCCC(=O)OC[C@@H](COC(=O)CCCCCCCCCCCCCC)OC(=O)CCCCCCCCCCCCCCCC. The fraction of sp³-hybridized carbons (Fsp3) is 0.912. The van der Waals surface area contributed by atoms with Crippen LogP contribution < -0.4 is 0 Å². The summed E-state index contributed by atoms with van der Waals surface area (Å²) in [5, 5.41) is 0. The molecule has 0 aromatic heterocycles. The van der Waals surface area contributed by atoms with E-state index in [0.29, 0.717) is 19.3 Å². The van der Waals surface area contributed by atoms with E-state index in [0.717, 1.165) is 57.8 Å². The van der Waals surface area contributed by atoms with Crippen LogP contribution in [0.2, 0.25) is 0 Å². The van der Waals surface area contributed by atoms with Gasteiger partial charge >= 0.3 is 17.9 Å². The van der Waals surface area contributed by atoms with Gasteiger partial charge in [0.25, 0.3) is 0 Å². The monoisotopic (exact) mass is 889 g/mol. The van der Waals surface area contributed by atoms with Crippen molar-refractivity contribution in [3.05, 3.63) is 12.2 Å². The first-order valence-electron chi connectivity index (χ1n) is 28.2. The molecule has 6 nitrogen and oxygen atoms in total. The number of esters is 3. The molecule has 0 spiro atoms. The second-order valence-electron chi connectivity index (χ2n) is 19.2. The standard InChI is InChI=1S/C57H108O6/c1-4-7-10-13-16-19-22-25-27-28-29-30-31-33-35-38-41-44-47-50-56(59)62-53-54(52-61-55(58)49-46-43-40-37-34-24-21-18-15-12-9-6-3)63-57(60)51-48-45-42-39-36-32-26-23-20-17-14-11-8-5-2/h28-29,54H,4-27,30-53H2,1-3H3/b29-28-/t54-/m1/s1. The minimum Gasteiger partial charge on any atom is -0.462 e. The number of rotatable bonds is 52. The van der Waals surface area contributed by atoms with Gasteiger partial charge in [0.2, 0.25) is 0 Å². The second-order valence-corrected chi connectivity index (χ2v) is 19.2. The molecule has 0 aliphatic rings. The maximum Gasteiger partial charge on any atom is 0.306 e. The lowest BCUT2D eigenvalue weighted by Crippen LogP contribution is -2.30. The Labute approximate surface area is 392 Å². The normalized spacial score (nSPS) is 12.0. The molecule has 0 bridgehead atoms. The Morgan fingerprint density at radius 1 is 0.302 bits per heavy atom. The number of unbranched alkanes of at least 4 members (excludes halogenated alkanes) is 39. The summed E-state index contributed by atoms with van der Waals surface area (Å²) in [4.78, 5) is 38.0.